The van der Waals surface area contributed by atoms with Gasteiger partial charge in [-0.3, -0.25) is 0 Å². The van der Waals surface area contributed by atoms with E-state index in [9.17, 15) is 0 Å². The Balaban J connectivity index is 1.94. The van der Waals surface area contributed by atoms with Crippen LogP contribution < -0.4 is 5.73 Å². The van der Waals surface area contributed by atoms with Gasteiger partial charge in [-0.1, -0.05) is 31.5 Å². The van der Waals surface area contributed by atoms with E-state index in [1.54, 1.807) is 0 Å². The standard InChI is InChI=1S/C15H28N2OS/c1-12(10-14(16)19)17(2)13-6-9-18-15(11-13)7-4-3-5-8-15/h12-13H,3-11H2,1-2H3,(H2,16,19). The van der Waals surface area contributed by atoms with Crippen molar-refractivity contribution >= 4 is 17.2 Å². The first-order valence-electron chi connectivity index (χ1n) is 7.67. The van der Waals surface area contributed by atoms with Crippen molar-refractivity contribution in [3.05, 3.63) is 0 Å². The van der Waals surface area contributed by atoms with Crippen LogP contribution in [0.1, 0.15) is 58.3 Å². The maximum Gasteiger partial charge on any atom is 0.0742 e. The van der Waals surface area contributed by atoms with Gasteiger partial charge in [0.1, 0.15) is 0 Å². The van der Waals surface area contributed by atoms with Crippen LogP contribution in [0.2, 0.25) is 0 Å². The fourth-order valence-corrected chi connectivity index (χ4v) is 3.93. The van der Waals surface area contributed by atoms with E-state index >= 15 is 0 Å². The molecule has 3 nitrogen and oxygen atoms in total. The number of rotatable bonds is 4. The van der Waals surface area contributed by atoms with Gasteiger partial charge in [0.25, 0.3) is 0 Å². The molecule has 1 aliphatic heterocycles. The van der Waals surface area contributed by atoms with Gasteiger partial charge < -0.3 is 15.4 Å². The summed E-state index contributed by atoms with van der Waals surface area (Å²) in [5.74, 6) is 0. The van der Waals surface area contributed by atoms with Gasteiger partial charge in [0.05, 0.1) is 10.6 Å². The van der Waals surface area contributed by atoms with Crippen LogP contribution in [0.5, 0.6) is 0 Å². The van der Waals surface area contributed by atoms with Crippen molar-refractivity contribution < 1.29 is 4.74 Å². The lowest BCUT2D eigenvalue weighted by atomic mass is 9.78. The molecule has 0 aromatic heterocycles. The number of hydrogen-bond acceptors (Lipinski definition) is 3. The van der Waals surface area contributed by atoms with Crippen molar-refractivity contribution in [2.45, 2.75) is 76.0 Å². The van der Waals surface area contributed by atoms with Crippen LogP contribution in [-0.4, -0.2) is 41.2 Å². The van der Waals surface area contributed by atoms with Gasteiger partial charge in [-0.2, -0.15) is 0 Å². The van der Waals surface area contributed by atoms with Gasteiger partial charge in [-0.25, -0.2) is 0 Å². The highest BCUT2D eigenvalue weighted by molar-refractivity contribution is 7.80. The minimum Gasteiger partial charge on any atom is -0.393 e. The highest BCUT2D eigenvalue weighted by Crippen LogP contribution is 2.39. The molecule has 0 aromatic rings. The van der Waals surface area contributed by atoms with E-state index in [2.05, 4.69) is 18.9 Å². The molecule has 2 unspecified atom stereocenters. The van der Waals surface area contributed by atoms with E-state index in [4.69, 9.17) is 22.7 Å². The van der Waals surface area contributed by atoms with Crippen LogP contribution in [0.4, 0.5) is 0 Å². The zero-order valence-corrected chi connectivity index (χ0v) is 13.2. The molecule has 2 atom stereocenters. The SMILES string of the molecule is CC(CC(N)=S)N(C)C1CCOC2(CCCCC2)C1. The molecule has 2 N–H and O–H groups in total. The van der Waals surface area contributed by atoms with Crippen LogP contribution in [0, 0.1) is 0 Å². The lowest BCUT2D eigenvalue weighted by Crippen LogP contribution is -2.51. The molecule has 1 spiro atoms. The Hall–Kier alpha value is -0.190. The molecular formula is C15H28N2OS. The summed E-state index contributed by atoms with van der Waals surface area (Å²) in [5.41, 5.74) is 5.86. The summed E-state index contributed by atoms with van der Waals surface area (Å²) in [7, 11) is 2.22. The van der Waals surface area contributed by atoms with Crippen molar-refractivity contribution in [3.63, 3.8) is 0 Å². The topological polar surface area (TPSA) is 38.5 Å². The van der Waals surface area contributed by atoms with Gasteiger partial charge >= 0.3 is 0 Å². The zero-order chi connectivity index (χ0) is 13.9. The Bertz CT molecular complexity index is 310. The summed E-state index contributed by atoms with van der Waals surface area (Å²) in [6, 6.07) is 1.05. The summed E-state index contributed by atoms with van der Waals surface area (Å²) in [5, 5.41) is 0. The van der Waals surface area contributed by atoms with E-state index < -0.39 is 0 Å². The first-order chi connectivity index (χ1) is 9.02. The fourth-order valence-electron chi connectivity index (χ4n) is 3.69. The number of ether oxygens (including phenoxy) is 1. The number of nitrogens with zero attached hydrogens (tertiary/aromatic N) is 1. The van der Waals surface area contributed by atoms with Crippen molar-refractivity contribution in [1.82, 2.24) is 4.90 Å². The minimum absolute atomic E-state index is 0.179. The minimum atomic E-state index is 0.179. The predicted molar refractivity (Wildman–Crippen MR) is 83.4 cm³/mol. The average molecular weight is 284 g/mol. The van der Waals surface area contributed by atoms with Gasteiger partial charge in [-0.05, 0) is 39.7 Å². The molecule has 0 radical (unpaired) electrons. The van der Waals surface area contributed by atoms with Crippen molar-refractivity contribution in [1.29, 1.82) is 0 Å². The van der Waals surface area contributed by atoms with Gasteiger partial charge in [-0.15, -0.1) is 0 Å². The molecule has 2 fully saturated rings. The van der Waals surface area contributed by atoms with E-state index in [0.29, 0.717) is 17.1 Å². The largest absolute Gasteiger partial charge is 0.393 e. The Morgan fingerprint density at radius 2 is 2.11 bits per heavy atom. The second-order valence-electron chi connectivity index (χ2n) is 6.42. The molecule has 1 saturated carbocycles. The maximum atomic E-state index is 6.17. The summed E-state index contributed by atoms with van der Waals surface area (Å²) < 4.78 is 6.17. The Morgan fingerprint density at radius 1 is 1.42 bits per heavy atom. The van der Waals surface area contributed by atoms with Crippen LogP contribution in [0.25, 0.3) is 0 Å². The molecular weight excluding hydrogens is 256 g/mol. The van der Waals surface area contributed by atoms with Crippen LogP contribution in [0.3, 0.4) is 0 Å². The second-order valence-corrected chi connectivity index (χ2v) is 6.95. The molecule has 1 saturated heterocycles. The predicted octanol–water partition coefficient (Wildman–Crippen LogP) is 2.86. The summed E-state index contributed by atoms with van der Waals surface area (Å²) >= 11 is 5.04. The fraction of sp³-hybridized carbons (Fsp3) is 0.933. The molecule has 0 aromatic carbocycles. The first kappa shape index (κ1) is 15.2. The molecule has 0 bridgehead atoms. The molecule has 4 heteroatoms. The van der Waals surface area contributed by atoms with Crippen LogP contribution in [-0.2, 0) is 4.74 Å². The molecule has 2 rings (SSSR count). The van der Waals surface area contributed by atoms with Crippen molar-refractivity contribution in [2.24, 2.45) is 5.73 Å². The van der Waals surface area contributed by atoms with E-state index in [1.165, 1.54) is 38.5 Å². The quantitative estimate of drug-likeness (QED) is 0.806. The smallest absolute Gasteiger partial charge is 0.0742 e. The lowest BCUT2D eigenvalue weighted by Gasteiger charge is -2.47. The monoisotopic (exact) mass is 284 g/mol. The number of thiocarbonyl (C=S) groups is 1. The Morgan fingerprint density at radius 3 is 2.74 bits per heavy atom. The molecule has 2 aliphatic rings. The number of hydrogen-bond donors (Lipinski definition) is 1. The maximum absolute atomic E-state index is 6.17. The highest BCUT2D eigenvalue weighted by atomic mass is 32.1. The zero-order valence-electron chi connectivity index (χ0n) is 12.4. The highest BCUT2D eigenvalue weighted by Gasteiger charge is 2.40. The van der Waals surface area contributed by atoms with Crippen molar-refractivity contribution in [2.75, 3.05) is 13.7 Å². The molecule has 19 heavy (non-hydrogen) atoms. The molecule has 1 heterocycles. The second kappa shape index (κ2) is 6.51. The van der Waals surface area contributed by atoms with Crippen LogP contribution >= 0.6 is 12.2 Å². The Kier molecular flexibility index (Phi) is 5.21. The van der Waals surface area contributed by atoms with E-state index in [-0.39, 0.29) is 5.60 Å². The number of nitrogens with two attached hydrogens (primary N) is 1. The van der Waals surface area contributed by atoms with Crippen LogP contribution in [0.15, 0.2) is 0 Å². The third-order valence-electron chi connectivity index (χ3n) is 5.00. The van der Waals surface area contributed by atoms with E-state index in [0.717, 1.165) is 19.4 Å². The molecule has 110 valence electrons. The normalized spacial score (nSPS) is 28.5. The van der Waals surface area contributed by atoms with Gasteiger partial charge in [0, 0.05) is 25.1 Å². The summed E-state index contributed by atoms with van der Waals surface area (Å²) in [6.45, 7) is 3.14. The summed E-state index contributed by atoms with van der Waals surface area (Å²) in [4.78, 5) is 3.09. The van der Waals surface area contributed by atoms with Gasteiger partial charge in [0.2, 0.25) is 0 Å². The Labute approximate surface area is 122 Å². The lowest BCUT2D eigenvalue weighted by molar-refractivity contribution is -0.124. The van der Waals surface area contributed by atoms with Crippen molar-refractivity contribution in [3.8, 4) is 0 Å². The first-order valence-corrected chi connectivity index (χ1v) is 8.07. The average Bonchev–Trinajstić information content (AvgIpc) is 2.38. The molecule has 0 amide bonds. The summed E-state index contributed by atoms with van der Waals surface area (Å²) in [6.07, 6.45) is 9.69. The van der Waals surface area contributed by atoms with Gasteiger partial charge in [0.15, 0.2) is 0 Å². The third-order valence-corrected chi connectivity index (χ3v) is 5.17. The third kappa shape index (κ3) is 3.89. The van der Waals surface area contributed by atoms with E-state index in [1.807, 2.05) is 0 Å². The molecule has 1 aliphatic carbocycles.